The van der Waals surface area contributed by atoms with Crippen LogP contribution in [0.15, 0.2) is 24.3 Å². The lowest BCUT2D eigenvalue weighted by atomic mass is 10.2. The maximum Gasteiger partial charge on any atom is 0.224 e. The minimum atomic E-state index is 0.0617. The summed E-state index contributed by atoms with van der Waals surface area (Å²) in [6, 6.07) is 7.87. The van der Waals surface area contributed by atoms with Crippen LogP contribution < -0.4 is 5.32 Å². The molecule has 1 N–H and O–H groups in total. The zero-order valence-corrected chi connectivity index (χ0v) is 13.0. The molecule has 0 aliphatic carbocycles. The van der Waals surface area contributed by atoms with Gasteiger partial charge >= 0.3 is 0 Å². The van der Waals surface area contributed by atoms with Gasteiger partial charge in [-0.05, 0) is 43.5 Å². The number of carbonyl (C=O) groups is 1. The van der Waals surface area contributed by atoms with E-state index in [1.54, 1.807) is 0 Å². The molecule has 22 heavy (non-hydrogen) atoms. The Labute approximate surface area is 130 Å². The fraction of sp³-hybridized carbons (Fsp3) is 0.471. The Bertz CT molecular complexity index is 645. The van der Waals surface area contributed by atoms with Crippen molar-refractivity contribution in [3.63, 3.8) is 0 Å². The molecule has 0 spiro atoms. The van der Waals surface area contributed by atoms with E-state index in [9.17, 15) is 4.79 Å². The van der Waals surface area contributed by atoms with Crippen molar-refractivity contribution in [1.29, 1.82) is 0 Å². The van der Waals surface area contributed by atoms with Crippen LogP contribution in [0.2, 0.25) is 0 Å². The topological polar surface area (TPSA) is 59.8 Å². The first-order chi connectivity index (χ1) is 10.8. The Morgan fingerprint density at radius 1 is 1.18 bits per heavy atom. The Kier molecular flexibility index (Phi) is 4.51. The predicted molar refractivity (Wildman–Crippen MR) is 86.6 cm³/mol. The van der Waals surface area contributed by atoms with Crippen LogP contribution in [0.25, 0.3) is 11.4 Å². The van der Waals surface area contributed by atoms with Crippen molar-refractivity contribution in [1.82, 2.24) is 14.8 Å². The van der Waals surface area contributed by atoms with E-state index in [2.05, 4.69) is 20.1 Å². The molecule has 1 aliphatic rings. The van der Waals surface area contributed by atoms with Gasteiger partial charge in [-0.15, -0.1) is 10.2 Å². The van der Waals surface area contributed by atoms with Crippen molar-refractivity contribution < 1.29 is 4.79 Å². The molecule has 3 rings (SSSR count). The normalized spacial score (nSPS) is 14.2. The van der Waals surface area contributed by atoms with E-state index in [-0.39, 0.29) is 5.91 Å². The van der Waals surface area contributed by atoms with Crippen LogP contribution in [0, 0.1) is 0 Å². The molecule has 2 aromatic rings. The van der Waals surface area contributed by atoms with Crippen molar-refractivity contribution in [3.05, 3.63) is 30.1 Å². The lowest BCUT2D eigenvalue weighted by Gasteiger charge is -2.08. The molecule has 0 bridgehead atoms. The maximum absolute atomic E-state index is 11.6. The summed E-state index contributed by atoms with van der Waals surface area (Å²) < 4.78 is 2.23. The first kappa shape index (κ1) is 14.8. The lowest BCUT2D eigenvalue weighted by Crippen LogP contribution is -2.10. The van der Waals surface area contributed by atoms with E-state index in [1.165, 1.54) is 19.3 Å². The van der Waals surface area contributed by atoms with E-state index < -0.39 is 0 Å². The monoisotopic (exact) mass is 298 g/mol. The number of aromatic nitrogens is 3. The van der Waals surface area contributed by atoms with Gasteiger partial charge in [0.15, 0.2) is 5.82 Å². The minimum absolute atomic E-state index is 0.0617. The number of hydrogen-bond acceptors (Lipinski definition) is 3. The van der Waals surface area contributed by atoms with Gasteiger partial charge in [-0.1, -0.05) is 13.3 Å². The maximum atomic E-state index is 11.6. The number of hydrogen-bond donors (Lipinski definition) is 1. The molecule has 1 aliphatic heterocycles. The van der Waals surface area contributed by atoms with Crippen molar-refractivity contribution in [3.8, 4) is 11.4 Å². The van der Waals surface area contributed by atoms with Gasteiger partial charge in [0.1, 0.15) is 5.82 Å². The van der Waals surface area contributed by atoms with Crippen LogP contribution in [-0.2, 0) is 17.8 Å². The van der Waals surface area contributed by atoms with Crippen LogP contribution in [-0.4, -0.2) is 20.7 Å². The van der Waals surface area contributed by atoms with E-state index in [0.29, 0.717) is 6.42 Å². The van der Waals surface area contributed by atoms with Crippen molar-refractivity contribution in [2.24, 2.45) is 0 Å². The van der Waals surface area contributed by atoms with Gasteiger partial charge < -0.3 is 9.88 Å². The lowest BCUT2D eigenvalue weighted by molar-refractivity contribution is -0.116. The van der Waals surface area contributed by atoms with Crippen LogP contribution in [0.4, 0.5) is 5.69 Å². The molecule has 0 radical (unpaired) electrons. The molecule has 116 valence electrons. The van der Waals surface area contributed by atoms with Gasteiger partial charge in [-0.2, -0.15) is 0 Å². The summed E-state index contributed by atoms with van der Waals surface area (Å²) in [5.41, 5.74) is 1.88. The average Bonchev–Trinajstić information content (AvgIpc) is 2.77. The molecule has 0 unspecified atom stereocenters. The number of carbonyl (C=O) groups excluding carboxylic acids is 1. The average molecular weight is 298 g/mol. The second kappa shape index (κ2) is 6.73. The van der Waals surface area contributed by atoms with E-state index >= 15 is 0 Å². The molecule has 1 aromatic carbocycles. The van der Waals surface area contributed by atoms with Gasteiger partial charge in [0, 0.05) is 30.6 Å². The summed E-state index contributed by atoms with van der Waals surface area (Å²) in [5.74, 6) is 2.09. The summed E-state index contributed by atoms with van der Waals surface area (Å²) in [4.78, 5) is 11.6. The van der Waals surface area contributed by atoms with Crippen molar-refractivity contribution >= 4 is 11.6 Å². The minimum Gasteiger partial charge on any atom is -0.326 e. The first-order valence-corrected chi connectivity index (χ1v) is 8.10. The second-order valence-electron chi connectivity index (χ2n) is 5.78. The van der Waals surface area contributed by atoms with Crippen LogP contribution in [0.3, 0.4) is 0 Å². The zero-order valence-electron chi connectivity index (χ0n) is 13.0. The third-order valence-corrected chi connectivity index (χ3v) is 4.01. The number of benzene rings is 1. The molecular weight excluding hydrogens is 276 g/mol. The number of aryl methyl sites for hydroxylation is 1. The number of fused-ring (bicyclic) bond motifs is 1. The summed E-state index contributed by atoms with van der Waals surface area (Å²) in [6.07, 6.45) is 6.06. The molecular formula is C17H22N4O. The van der Waals surface area contributed by atoms with Gasteiger partial charge in [-0.3, -0.25) is 4.79 Å². The zero-order chi connectivity index (χ0) is 15.4. The molecule has 1 aromatic heterocycles. The Morgan fingerprint density at radius 2 is 2.00 bits per heavy atom. The molecule has 5 heteroatoms. The summed E-state index contributed by atoms with van der Waals surface area (Å²) in [7, 11) is 0. The molecule has 1 amide bonds. The van der Waals surface area contributed by atoms with Gasteiger partial charge in [0.25, 0.3) is 0 Å². The van der Waals surface area contributed by atoms with E-state index in [4.69, 9.17) is 0 Å². The van der Waals surface area contributed by atoms with E-state index in [0.717, 1.165) is 42.3 Å². The van der Waals surface area contributed by atoms with Crippen molar-refractivity contribution in [2.45, 2.75) is 52.0 Å². The first-order valence-electron chi connectivity index (χ1n) is 8.10. The number of anilines is 1. The van der Waals surface area contributed by atoms with Crippen LogP contribution in [0.1, 0.15) is 44.9 Å². The highest BCUT2D eigenvalue weighted by Gasteiger charge is 2.15. The predicted octanol–water partition coefficient (Wildman–Crippen LogP) is 3.41. The number of rotatable bonds is 4. The smallest absolute Gasteiger partial charge is 0.224 e. The molecule has 0 fully saturated rings. The fourth-order valence-electron chi connectivity index (χ4n) is 2.85. The Hall–Kier alpha value is -2.17. The number of nitrogens with one attached hydrogen (secondary N) is 1. The molecule has 5 nitrogen and oxygen atoms in total. The molecule has 0 atom stereocenters. The second-order valence-corrected chi connectivity index (χ2v) is 5.78. The third kappa shape index (κ3) is 3.18. The standard InChI is InChI=1S/C17H22N4O/c1-2-6-16(22)18-14-10-8-13(9-11-14)17-20-19-15-7-4-3-5-12-21(15)17/h8-11H,2-7,12H2,1H3,(H,18,22). The third-order valence-electron chi connectivity index (χ3n) is 4.01. The molecule has 2 heterocycles. The summed E-state index contributed by atoms with van der Waals surface area (Å²) >= 11 is 0. The number of nitrogens with zero attached hydrogens (tertiary/aromatic N) is 3. The highest BCUT2D eigenvalue weighted by atomic mass is 16.1. The number of amides is 1. The van der Waals surface area contributed by atoms with Crippen molar-refractivity contribution in [2.75, 3.05) is 5.32 Å². The Balaban J connectivity index is 1.78. The van der Waals surface area contributed by atoms with Gasteiger partial charge in [0.2, 0.25) is 5.91 Å². The van der Waals surface area contributed by atoms with Crippen LogP contribution in [0.5, 0.6) is 0 Å². The summed E-state index contributed by atoms with van der Waals surface area (Å²) in [5, 5.41) is 11.6. The van der Waals surface area contributed by atoms with E-state index in [1.807, 2.05) is 31.2 Å². The largest absolute Gasteiger partial charge is 0.326 e. The van der Waals surface area contributed by atoms with Crippen LogP contribution >= 0.6 is 0 Å². The molecule has 0 saturated heterocycles. The highest BCUT2D eigenvalue weighted by Crippen LogP contribution is 2.24. The molecule has 0 saturated carbocycles. The quantitative estimate of drug-likeness (QED) is 0.941. The fourth-order valence-corrected chi connectivity index (χ4v) is 2.85. The SMILES string of the molecule is CCCC(=O)Nc1ccc(-c2nnc3n2CCCCC3)cc1. The van der Waals surface area contributed by atoms with Gasteiger partial charge in [-0.25, -0.2) is 0 Å². The highest BCUT2D eigenvalue weighted by molar-refractivity contribution is 5.90. The summed E-state index contributed by atoms with van der Waals surface area (Å²) in [6.45, 7) is 2.99. The Morgan fingerprint density at radius 3 is 2.77 bits per heavy atom. The van der Waals surface area contributed by atoms with Gasteiger partial charge in [0.05, 0.1) is 0 Å².